The van der Waals surface area contributed by atoms with Crippen molar-refractivity contribution in [1.82, 2.24) is 14.9 Å². The number of nitrogens with zero attached hydrogens (tertiary/aromatic N) is 4. The van der Waals surface area contributed by atoms with Gasteiger partial charge in [-0.3, -0.25) is 0 Å². The monoisotopic (exact) mass is 410 g/mol. The average Bonchev–Trinajstić information content (AvgIpc) is 3.16. The van der Waals surface area contributed by atoms with Crippen LogP contribution in [0, 0.1) is 11.8 Å². The molecular formula is C22H26N4O2S. The van der Waals surface area contributed by atoms with E-state index in [4.69, 9.17) is 9.47 Å². The van der Waals surface area contributed by atoms with Crippen molar-refractivity contribution < 1.29 is 9.47 Å². The van der Waals surface area contributed by atoms with Gasteiger partial charge in [-0.25, -0.2) is 9.97 Å². The molecule has 0 aliphatic rings. The maximum Gasteiger partial charge on any atom is 0.249 e. The van der Waals surface area contributed by atoms with Gasteiger partial charge in [-0.2, -0.15) is 0 Å². The third kappa shape index (κ3) is 6.16. The molecule has 3 aromatic rings. The smallest absolute Gasteiger partial charge is 0.249 e. The Kier molecular flexibility index (Phi) is 7.42. The van der Waals surface area contributed by atoms with E-state index in [0.29, 0.717) is 31.4 Å². The van der Waals surface area contributed by atoms with Crippen LogP contribution < -0.4 is 9.64 Å². The van der Waals surface area contributed by atoms with Gasteiger partial charge in [0.1, 0.15) is 17.6 Å². The van der Waals surface area contributed by atoms with Gasteiger partial charge in [0.2, 0.25) is 5.88 Å². The Labute approximate surface area is 176 Å². The van der Waals surface area contributed by atoms with Crippen LogP contribution in [0.3, 0.4) is 0 Å². The number of hydrogen-bond acceptors (Lipinski definition) is 7. The number of fused-ring (bicyclic) bond motifs is 1. The Bertz CT molecular complexity index is 987. The molecule has 0 radical (unpaired) electrons. The van der Waals surface area contributed by atoms with Gasteiger partial charge < -0.3 is 19.3 Å². The number of thiophene rings is 1. The maximum absolute atomic E-state index is 5.84. The lowest BCUT2D eigenvalue weighted by atomic mass is 10.2. The number of aromatic nitrogens is 2. The van der Waals surface area contributed by atoms with Crippen LogP contribution in [0.25, 0.3) is 11.0 Å². The topological polar surface area (TPSA) is 50.7 Å². The molecule has 3 rings (SSSR count). The van der Waals surface area contributed by atoms with Gasteiger partial charge in [0.25, 0.3) is 0 Å². The van der Waals surface area contributed by atoms with Crippen LogP contribution in [0.15, 0.2) is 35.0 Å². The van der Waals surface area contributed by atoms with Crippen LogP contribution in [0.5, 0.6) is 5.88 Å². The van der Waals surface area contributed by atoms with Crippen LogP contribution in [0.2, 0.25) is 0 Å². The van der Waals surface area contributed by atoms with Crippen molar-refractivity contribution in [2.75, 3.05) is 59.5 Å². The SMILES string of the molecule is CN(C)CCOCCOc1nc2cscc2nc1C#Cc1ccc(N(C)C)cc1. The van der Waals surface area contributed by atoms with Gasteiger partial charge in [-0.05, 0) is 44.3 Å². The molecule has 7 heteroatoms. The summed E-state index contributed by atoms with van der Waals surface area (Å²) in [5.41, 5.74) is 4.24. The number of likely N-dealkylation sites (N-methyl/N-ethyl adjacent to an activating group) is 1. The highest BCUT2D eigenvalue weighted by Gasteiger charge is 2.09. The summed E-state index contributed by atoms with van der Waals surface area (Å²) in [6.45, 7) is 2.45. The minimum atomic E-state index is 0.407. The Morgan fingerprint density at radius 1 is 0.897 bits per heavy atom. The number of anilines is 1. The molecule has 1 aromatic carbocycles. The van der Waals surface area contributed by atoms with E-state index < -0.39 is 0 Å². The minimum absolute atomic E-state index is 0.407. The van der Waals surface area contributed by atoms with Crippen LogP contribution in [-0.4, -0.2) is 69.4 Å². The largest absolute Gasteiger partial charge is 0.473 e. The third-order valence-corrected chi connectivity index (χ3v) is 4.86. The molecule has 0 saturated carbocycles. The molecule has 0 bridgehead atoms. The summed E-state index contributed by atoms with van der Waals surface area (Å²) in [4.78, 5) is 13.3. The molecule has 0 saturated heterocycles. The lowest BCUT2D eigenvalue weighted by Crippen LogP contribution is -2.19. The lowest BCUT2D eigenvalue weighted by Gasteiger charge is -2.11. The predicted molar refractivity (Wildman–Crippen MR) is 119 cm³/mol. The van der Waals surface area contributed by atoms with E-state index in [0.717, 1.165) is 28.8 Å². The fourth-order valence-electron chi connectivity index (χ4n) is 2.48. The zero-order valence-corrected chi connectivity index (χ0v) is 18.1. The number of ether oxygens (including phenoxy) is 2. The van der Waals surface area contributed by atoms with Crippen LogP contribution in [0.1, 0.15) is 11.3 Å². The summed E-state index contributed by atoms with van der Waals surface area (Å²) < 4.78 is 11.4. The van der Waals surface area contributed by atoms with Gasteiger partial charge in [0.15, 0.2) is 5.69 Å². The molecule has 0 aliphatic heterocycles. The molecule has 0 fully saturated rings. The number of rotatable bonds is 8. The summed E-state index contributed by atoms with van der Waals surface area (Å²) in [5, 5.41) is 3.92. The third-order valence-electron chi connectivity index (χ3n) is 4.14. The van der Waals surface area contributed by atoms with Crippen LogP contribution in [-0.2, 0) is 4.74 Å². The van der Waals surface area contributed by atoms with E-state index in [1.807, 2.05) is 63.2 Å². The van der Waals surface area contributed by atoms with E-state index in [1.54, 1.807) is 11.3 Å². The van der Waals surface area contributed by atoms with E-state index in [1.165, 1.54) is 0 Å². The van der Waals surface area contributed by atoms with E-state index >= 15 is 0 Å². The molecule has 0 spiro atoms. The molecular weight excluding hydrogens is 384 g/mol. The van der Waals surface area contributed by atoms with E-state index in [2.05, 4.69) is 31.6 Å². The Balaban J connectivity index is 1.72. The number of hydrogen-bond donors (Lipinski definition) is 0. The molecule has 152 valence electrons. The molecule has 0 atom stereocenters. The Hall–Kier alpha value is -2.66. The molecule has 6 nitrogen and oxygen atoms in total. The highest BCUT2D eigenvalue weighted by molar-refractivity contribution is 7.09. The van der Waals surface area contributed by atoms with Crippen molar-refractivity contribution in [3.05, 3.63) is 46.3 Å². The second kappa shape index (κ2) is 10.2. The quantitative estimate of drug-likeness (QED) is 0.420. The van der Waals surface area contributed by atoms with Crippen molar-refractivity contribution in [3.63, 3.8) is 0 Å². The maximum atomic E-state index is 5.84. The standard InChI is InChI=1S/C22H26N4O2S/c1-25(2)11-12-27-13-14-28-22-19(23-20-15-29-16-21(20)24-22)10-7-17-5-8-18(9-6-17)26(3)4/h5-6,8-9,15-16H,11-14H2,1-4H3. The first-order valence-electron chi connectivity index (χ1n) is 9.41. The summed E-state index contributed by atoms with van der Waals surface area (Å²) in [7, 11) is 8.06. The fourth-order valence-corrected chi connectivity index (χ4v) is 3.16. The van der Waals surface area contributed by atoms with Crippen LogP contribution >= 0.6 is 11.3 Å². The van der Waals surface area contributed by atoms with E-state index in [9.17, 15) is 0 Å². The zero-order chi connectivity index (χ0) is 20.6. The van der Waals surface area contributed by atoms with E-state index in [-0.39, 0.29) is 0 Å². The second-order valence-electron chi connectivity index (χ2n) is 6.98. The first-order valence-corrected chi connectivity index (χ1v) is 10.4. The zero-order valence-electron chi connectivity index (χ0n) is 17.3. The van der Waals surface area contributed by atoms with Gasteiger partial charge in [-0.15, -0.1) is 11.3 Å². The fraction of sp³-hybridized carbons (Fsp3) is 0.364. The van der Waals surface area contributed by atoms with Gasteiger partial charge in [-0.1, -0.05) is 5.92 Å². The summed E-state index contributed by atoms with van der Waals surface area (Å²) >= 11 is 1.56. The van der Waals surface area contributed by atoms with Crippen molar-refractivity contribution in [2.24, 2.45) is 0 Å². The first-order chi connectivity index (χ1) is 14.0. The molecule has 0 N–H and O–H groups in total. The second-order valence-corrected chi connectivity index (χ2v) is 7.72. The van der Waals surface area contributed by atoms with Crippen molar-refractivity contribution in [1.29, 1.82) is 0 Å². The molecule has 2 heterocycles. The van der Waals surface area contributed by atoms with Gasteiger partial charge >= 0.3 is 0 Å². The Morgan fingerprint density at radius 2 is 1.62 bits per heavy atom. The predicted octanol–water partition coefficient (Wildman–Crippen LogP) is 3.11. The molecule has 0 unspecified atom stereocenters. The summed E-state index contributed by atoms with van der Waals surface area (Å²) in [6.07, 6.45) is 0. The normalized spacial score (nSPS) is 10.8. The van der Waals surface area contributed by atoms with Gasteiger partial charge in [0.05, 0.1) is 13.2 Å². The molecule has 0 amide bonds. The van der Waals surface area contributed by atoms with Crippen molar-refractivity contribution in [3.8, 4) is 17.7 Å². The Morgan fingerprint density at radius 3 is 2.31 bits per heavy atom. The minimum Gasteiger partial charge on any atom is -0.473 e. The highest BCUT2D eigenvalue weighted by atomic mass is 32.1. The summed E-state index contributed by atoms with van der Waals surface area (Å²) in [6, 6.07) is 8.08. The molecule has 2 aromatic heterocycles. The van der Waals surface area contributed by atoms with Crippen LogP contribution in [0.4, 0.5) is 5.69 Å². The van der Waals surface area contributed by atoms with Crippen molar-refractivity contribution >= 4 is 28.1 Å². The number of benzene rings is 1. The first kappa shape index (κ1) is 21.1. The highest BCUT2D eigenvalue weighted by Crippen LogP contribution is 2.21. The average molecular weight is 411 g/mol. The molecule has 29 heavy (non-hydrogen) atoms. The summed E-state index contributed by atoms with van der Waals surface area (Å²) in [5.74, 6) is 6.73. The van der Waals surface area contributed by atoms with Gasteiger partial charge in [0, 0.05) is 42.7 Å². The lowest BCUT2D eigenvalue weighted by molar-refractivity contribution is 0.0875. The molecule has 0 aliphatic carbocycles. The van der Waals surface area contributed by atoms with Crippen molar-refractivity contribution in [2.45, 2.75) is 0 Å².